The molecule has 1 fully saturated rings. The average Bonchev–Trinajstić information content (AvgIpc) is 3.38. The van der Waals surface area contributed by atoms with E-state index in [1.54, 1.807) is 18.5 Å². The Morgan fingerprint density at radius 3 is 2.73 bits per heavy atom. The first-order valence-corrected chi connectivity index (χ1v) is 13.3. The molecular weight excluding hydrogens is 484 g/mol. The zero-order valence-electron chi connectivity index (χ0n) is 21.5. The summed E-state index contributed by atoms with van der Waals surface area (Å²) in [5, 5.41) is 14.3. The second kappa shape index (κ2) is 10.6. The van der Waals surface area contributed by atoms with Gasteiger partial charge in [-0.3, -0.25) is 4.79 Å². The highest BCUT2D eigenvalue weighted by Crippen LogP contribution is 2.42. The summed E-state index contributed by atoms with van der Waals surface area (Å²) in [4.78, 5) is 23.0. The van der Waals surface area contributed by atoms with Crippen LogP contribution in [0.4, 0.5) is 11.4 Å². The molecule has 2 heterocycles. The predicted molar refractivity (Wildman–Crippen MR) is 151 cm³/mol. The molecule has 0 radical (unpaired) electrons. The van der Waals surface area contributed by atoms with Gasteiger partial charge in [0.05, 0.1) is 12.0 Å². The van der Waals surface area contributed by atoms with Gasteiger partial charge in [0.1, 0.15) is 11.8 Å². The number of carbonyl (C=O) groups is 1. The quantitative estimate of drug-likeness (QED) is 0.412. The molecule has 1 unspecified atom stereocenters. The van der Waals surface area contributed by atoms with Crippen molar-refractivity contribution in [1.29, 1.82) is 0 Å². The number of nitrogens with one attached hydrogen (secondary N) is 1. The third-order valence-electron chi connectivity index (χ3n) is 7.28. The lowest BCUT2D eigenvalue weighted by atomic mass is 9.91. The van der Waals surface area contributed by atoms with Crippen molar-refractivity contribution in [1.82, 2.24) is 10.2 Å². The first-order valence-electron chi connectivity index (χ1n) is 12.9. The van der Waals surface area contributed by atoms with Gasteiger partial charge in [-0.05, 0) is 105 Å². The maximum Gasteiger partial charge on any atom is 0.250 e. The largest absolute Gasteiger partial charge is 0.508 e. The SMILES string of the molecule is CCN(C[C@@H]1CCCN1)C(=O)C1c2cc(-c3cccc(O)c3)c(C)cc2N=CN1c1cc(C)cc(Cl)c1. The number of aromatic hydroxyl groups is 1. The van der Waals surface area contributed by atoms with Crippen LogP contribution in [0.5, 0.6) is 5.75 Å². The van der Waals surface area contributed by atoms with Crippen LogP contribution < -0.4 is 10.2 Å². The Labute approximate surface area is 223 Å². The Morgan fingerprint density at radius 2 is 2.03 bits per heavy atom. The lowest BCUT2D eigenvalue weighted by molar-refractivity contribution is -0.132. The minimum Gasteiger partial charge on any atom is -0.508 e. The number of benzene rings is 3. The van der Waals surface area contributed by atoms with Gasteiger partial charge >= 0.3 is 0 Å². The lowest BCUT2D eigenvalue weighted by Crippen LogP contribution is -2.47. The number of fused-ring (bicyclic) bond motifs is 1. The Kier molecular flexibility index (Phi) is 7.22. The van der Waals surface area contributed by atoms with Gasteiger partial charge < -0.3 is 20.2 Å². The summed E-state index contributed by atoms with van der Waals surface area (Å²) < 4.78 is 0. The van der Waals surface area contributed by atoms with E-state index in [2.05, 4.69) is 11.4 Å². The number of hydrogen-bond acceptors (Lipinski definition) is 5. The number of halogens is 1. The molecular formula is C30H33ClN4O2. The van der Waals surface area contributed by atoms with Gasteiger partial charge in [-0.25, -0.2) is 4.99 Å². The highest BCUT2D eigenvalue weighted by molar-refractivity contribution is 6.31. The Bertz CT molecular complexity index is 1330. The number of rotatable bonds is 6. The number of anilines is 1. The number of aryl methyl sites for hydroxylation is 2. The van der Waals surface area contributed by atoms with Gasteiger partial charge in [-0.2, -0.15) is 0 Å². The molecule has 3 aromatic carbocycles. The number of likely N-dealkylation sites (N-methyl/N-ethyl adjacent to an activating group) is 1. The fourth-order valence-electron chi connectivity index (χ4n) is 5.43. The molecule has 0 aromatic heterocycles. The first kappa shape index (κ1) is 25.3. The highest BCUT2D eigenvalue weighted by atomic mass is 35.5. The second-order valence-corrected chi connectivity index (χ2v) is 10.4. The van der Waals surface area contributed by atoms with E-state index < -0.39 is 6.04 Å². The number of phenolic OH excluding ortho intramolecular Hbond substituents is 1. The molecule has 5 rings (SSSR count). The van der Waals surface area contributed by atoms with E-state index in [-0.39, 0.29) is 11.7 Å². The maximum absolute atomic E-state index is 14.3. The van der Waals surface area contributed by atoms with E-state index in [9.17, 15) is 9.90 Å². The monoisotopic (exact) mass is 516 g/mol. The summed E-state index contributed by atoms with van der Waals surface area (Å²) in [5.74, 6) is 0.240. The molecule has 1 amide bonds. The van der Waals surface area contributed by atoms with Crippen molar-refractivity contribution in [2.45, 2.75) is 45.7 Å². The normalized spacial score (nSPS) is 18.6. The summed E-state index contributed by atoms with van der Waals surface area (Å²) in [6, 6.07) is 16.8. The number of hydrogen-bond donors (Lipinski definition) is 2. The van der Waals surface area contributed by atoms with Gasteiger partial charge in [0, 0.05) is 35.4 Å². The zero-order chi connectivity index (χ0) is 26.1. The van der Waals surface area contributed by atoms with Gasteiger partial charge in [0.25, 0.3) is 0 Å². The van der Waals surface area contributed by atoms with Crippen molar-refractivity contribution in [2.75, 3.05) is 24.5 Å². The van der Waals surface area contributed by atoms with Crippen LogP contribution in [0.3, 0.4) is 0 Å². The molecule has 2 atom stereocenters. The summed E-state index contributed by atoms with van der Waals surface area (Å²) in [7, 11) is 0. The van der Waals surface area contributed by atoms with Crippen LogP contribution in [-0.2, 0) is 4.79 Å². The molecule has 0 aliphatic carbocycles. The molecule has 7 heteroatoms. The fraction of sp³-hybridized carbons (Fsp3) is 0.333. The molecule has 1 saturated heterocycles. The van der Waals surface area contributed by atoms with E-state index in [1.807, 2.05) is 67.0 Å². The topological polar surface area (TPSA) is 68.2 Å². The number of phenols is 1. The van der Waals surface area contributed by atoms with Gasteiger partial charge in [0.15, 0.2) is 0 Å². The number of carbonyl (C=O) groups excluding carboxylic acids is 1. The van der Waals surface area contributed by atoms with E-state index in [0.717, 1.165) is 58.6 Å². The molecule has 0 bridgehead atoms. The maximum atomic E-state index is 14.3. The van der Waals surface area contributed by atoms with E-state index in [1.165, 1.54) is 0 Å². The van der Waals surface area contributed by atoms with Crippen molar-refractivity contribution >= 4 is 35.2 Å². The smallest absolute Gasteiger partial charge is 0.250 e. The van der Waals surface area contributed by atoms with Crippen molar-refractivity contribution < 1.29 is 9.90 Å². The first-order chi connectivity index (χ1) is 17.8. The number of amides is 1. The van der Waals surface area contributed by atoms with Crippen LogP contribution in [0.25, 0.3) is 11.1 Å². The van der Waals surface area contributed by atoms with Crippen molar-refractivity contribution in [3.8, 4) is 16.9 Å². The van der Waals surface area contributed by atoms with E-state index in [4.69, 9.17) is 16.6 Å². The third-order valence-corrected chi connectivity index (χ3v) is 7.50. The van der Waals surface area contributed by atoms with Crippen molar-refractivity contribution in [3.05, 3.63) is 76.3 Å². The van der Waals surface area contributed by atoms with Crippen LogP contribution >= 0.6 is 11.6 Å². The van der Waals surface area contributed by atoms with Crippen LogP contribution in [0.15, 0.2) is 59.6 Å². The van der Waals surface area contributed by atoms with Crippen LogP contribution in [0.1, 0.15) is 42.5 Å². The molecule has 2 aliphatic heterocycles. The molecule has 2 aliphatic rings. The lowest BCUT2D eigenvalue weighted by Gasteiger charge is -2.37. The number of nitrogens with zero attached hydrogens (tertiary/aromatic N) is 3. The molecule has 37 heavy (non-hydrogen) atoms. The third kappa shape index (κ3) is 5.22. The Hall–Kier alpha value is -3.35. The standard InChI is InChI=1S/C30H33ClN4O2/c1-4-34(17-23-8-6-10-32-23)30(37)29-27-16-26(21-7-5-9-25(36)14-21)20(3)13-28(27)33-18-35(29)24-12-19(2)11-22(31)15-24/h5,7,9,11-16,18,23,29,32,36H,4,6,8,10,17H2,1-3H3/t23-,29?/m0/s1. The van der Waals surface area contributed by atoms with Crippen molar-refractivity contribution in [3.63, 3.8) is 0 Å². The predicted octanol–water partition coefficient (Wildman–Crippen LogP) is 6.15. The fourth-order valence-corrected chi connectivity index (χ4v) is 5.71. The molecule has 3 aromatic rings. The summed E-state index contributed by atoms with van der Waals surface area (Å²) in [5.41, 5.74) is 6.35. The van der Waals surface area contributed by atoms with Crippen LogP contribution in [0, 0.1) is 13.8 Å². The summed E-state index contributed by atoms with van der Waals surface area (Å²) in [6.45, 7) is 8.35. The van der Waals surface area contributed by atoms with E-state index in [0.29, 0.717) is 24.2 Å². The van der Waals surface area contributed by atoms with Crippen LogP contribution in [-0.4, -0.2) is 47.9 Å². The Balaban J connectivity index is 1.63. The molecule has 2 N–H and O–H groups in total. The zero-order valence-corrected chi connectivity index (χ0v) is 22.3. The highest BCUT2D eigenvalue weighted by Gasteiger charge is 2.36. The summed E-state index contributed by atoms with van der Waals surface area (Å²) >= 11 is 6.44. The van der Waals surface area contributed by atoms with Crippen molar-refractivity contribution in [2.24, 2.45) is 4.99 Å². The minimum absolute atomic E-state index is 0.0342. The second-order valence-electron chi connectivity index (χ2n) is 9.99. The summed E-state index contributed by atoms with van der Waals surface area (Å²) in [6.07, 6.45) is 3.96. The molecule has 0 spiro atoms. The minimum atomic E-state index is -0.594. The van der Waals surface area contributed by atoms with Gasteiger partial charge in [0.2, 0.25) is 5.91 Å². The van der Waals surface area contributed by atoms with Gasteiger partial charge in [-0.15, -0.1) is 0 Å². The average molecular weight is 517 g/mol. The van der Waals surface area contributed by atoms with Gasteiger partial charge in [-0.1, -0.05) is 23.7 Å². The molecule has 192 valence electrons. The number of aliphatic imine (C=N–C) groups is 1. The van der Waals surface area contributed by atoms with Crippen LogP contribution in [0.2, 0.25) is 5.02 Å². The molecule has 0 saturated carbocycles. The molecule has 6 nitrogen and oxygen atoms in total. The Morgan fingerprint density at radius 1 is 1.19 bits per heavy atom. The van der Waals surface area contributed by atoms with E-state index >= 15 is 0 Å².